The van der Waals surface area contributed by atoms with E-state index in [-0.39, 0.29) is 36.0 Å². The van der Waals surface area contributed by atoms with Gasteiger partial charge < -0.3 is 14.8 Å². The van der Waals surface area contributed by atoms with Crippen LogP contribution in [-0.4, -0.2) is 34.7 Å². The van der Waals surface area contributed by atoms with Gasteiger partial charge in [0.25, 0.3) is 5.56 Å². The normalized spacial score (nSPS) is 15.2. The van der Waals surface area contributed by atoms with Gasteiger partial charge in [-0.2, -0.15) is 0 Å². The Morgan fingerprint density at radius 1 is 1.21 bits per heavy atom. The fourth-order valence-corrected chi connectivity index (χ4v) is 3.72. The highest BCUT2D eigenvalue weighted by molar-refractivity contribution is 5.77. The number of methoxy groups -OCH3 is 2. The van der Waals surface area contributed by atoms with E-state index in [1.165, 1.54) is 4.40 Å². The fraction of sp³-hybridized carbons (Fsp3) is 0.333. The maximum atomic E-state index is 12.5. The number of hydrogen-bond donors (Lipinski definition) is 1. The van der Waals surface area contributed by atoms with Crippen molar-refractivity contribution in [3.63, 3.8) is 0 Å². The van der Waals surface area contributed by atoms with Crippen LogP contribution in [-0.2, 0) is 17.6 Å². The van der Waals surface area contributed by atoms with Crippen LogP contribution in [0.3, 0.4) is 0 Å². The Bertz CT molecular complexity index is 1130. The largest absolute Gasteiger partial charge is 0.493 e. The lowest BCUT2D eigenvalue weighted by atomic mass is 10.1. The zero-order chi connectivity index (χ0) is 20.4. The number of fused-ring (bicyclic) bond motifs is 2. The van der Waals surface area contributed by atoms with E-state index >= 15 is 0 Å². The highest BCUT2D eigenvalue weighted by Crippen LogP contribution is 2.39. The molecule has 29 heavy (non-hydrogen) atoms. The van der Waals surface area contributed by atoms with Gasteiger partial charge in [0.15, 0.2) is 17.1 Å². The van der Waals surface area contributed by atoms with Gasteiger partial charge in [0.1, 0.15) is 5.69 Å². The highest BCUT2D eigenvalue weighted by atomic mass is 16.5. The molecule has 0 aliphatic heterocycles. The van der Waals surface area contributed by atoms with E-state index in [9.17, 15) is 9.59 Å². The van der Waals surface area contributed by atoms with Crippen LogP contribution >= 0.6 is 0 Å². The molecule has 0 radical (unpaired) electrons. The van der Waals surface area contributed by atoms with Crippen molar-refractivity contribution in [3.8, 4) is 11.5 Å². The smallest absolute Gasteiger partial charge is 0.279 e. The molecule has 0 saturated heterocycles. The lowest BCUT2D eigenvalue weighted by Gasteiger charge is -2.16. The predicted octanol–water partition coefficient (Wildman–Crippen LogP) is 1.84. The molecule has 0 bridgehead atoms. The van der Waals surface area contributed by atoms with Crippen LogP contribution in [0, 0.1) is 0 Å². The second-order valence-electron chi connectivity index (χ2n) is 6.95. The molecule has 150 valence electrons. The predicted molar refractivity (Wildman–Crippen MR) is 106 cm³/mol. The van der Waals surface area contributed by atoms with Crippen LogP contribution in [0.5, 0.6) is 11.5 Å². The minimum Gasteiger partial charge on any atom is -0.493 e. The van der Waals surface area contributed by atoms with Crippen LogP contribution in [0.15, 0.2) is 41.3 Å². The number of carbonyl (C=O) groups excluding carboxylic acids is 1. The second-order valence-corrected chi connectivity index (χ2v) is 6.95. The van der Waals surface area contributed by atoms with E-state index in [0.29, 0.717) is 17.1 Å². The number of rotatable bonds is 6. The summed E-state index contributed by atoms with van der Waals surface area (Å²) in [4.78, 5) is 25.0. The number of aromatic nitrogens is 3. The van der Waals surface area contributed by atoms with E-state index < -0.39 is 0 Å². The number of ether oxygens (including phenoxy) is 2. The Balaban J connectivity index is 1.44. The van der Waals surface area contributed by atoms with E-state index in [2.05, 4.69) is 15.5 Å². The zero-order valence-corrected chi connectivity index (χ0v) is 16.3. The summed E-state index contributed by atoms with van der Waals surface area (Å²) in [5, 5.41) is 11.1. The monoisotopic (exact) mass is 394 g/mol. The number of nitrogens with zero attached hydrogens (tertiary/aromatic N) is 3. The summed E-state index contributed by atoms with van der Waals surface area (Å²) in [6.45, 7) is 0. The van der Waals surface area contributed by atoms with Crippen molar-refractivity contribution in [3.05, 3.63) is 63.7 Å². The van der Waals surface area contributed by atoms with Gasteiger partial charge in [0.05, 0.1) is 20.3 Å². The molecule has 8 heteroatoms. The first-order chi connectivity index (χ1) is 14.1. The summed E-state index contributed by atoms with van der Waals surface area (Å²) in [5.74, 6) is 1.21. The Morgan fingerprint density at radius 2 is 2.00 bits per heavy atom. The first kappa shape index (κ1) is 18.9. The topological polar surface area (TPSA) is 94.8 Å². The average Bonchev–Trinajstić information content (AvgIpc) is 3.13. The number of aryl methyl sites for hydroxylation is 2. The molecule has 2 aromatic heterocycles. The second kappa shape index (κ2) is 7.90. The minimum absolute atomic E-state index is 0.0823. The molecular weight excluding hydrogens is 372 g/mol. The lowest BCUT2D eigenvalue weighted by molar-refractivity contribution is -0.121. The number of carbonyl (C=O) groups is 1. The number of amides is 1. The SMILES string of the molecule is COc1cc2c(cc1OC)[C@@H](NC(=O)CCc1nnc3ccccn3c1=O)CC2. The van der Waals surface area contributed by atoms with Gasteiger partial charge in [-0.3, -0.25) is 14.0 Å². The molecule has 2 heterocycles. The van der Waals surface area contributed by atoms with Gasteiger partial charge in [-0.25, -0.2) is 0 Å². The van der Waals surface area contributed by atoms with Crippen molar-refractivity contribution in [2.45, 2.75) is 31.7 Å². The first-order valence-corrected chi connectivity index (χ1v) is 9.48. The molecule has 1 aromatic carbocycles. The van der Waals surface area contributed by atoms with E-state index in [1.54, 1.807) is 38.6 Å². The minimum atomic E-state index is -0.244. The van der Waals surface area contributed by atoms with Crippen LogP contribution in [0.25, 0.3) is 5.65 Å². The lowest BCUT2D eigenvalue weighted by Crippen LogP contribution is -2.29. The van der Waals surface area contributed by atoms with Gasteiger partial charge in [0, 0.05) is 19.0 Å². The van der Waals surface area contributed by atoms with Crippen LogP contribution in [0.2, 0.25) is 0 Å². The molecule has 1 N–H and O–H groups in total. The van der Waals surface area contributed by atoms with Crippen LogP contribution in [0.1, 0.15) is 35.7 Å². The molecule has 0 fully saturated rings. The maximum absolute atomic E-state index is 12.5. The van der Waals surface area contributed by atoms with Crippen LogP contribution in [0.4, 0.5) is 0 Å². The average molecular weight is 394 g/mol. The molecule has 1 atom stereocenters. The molecule has 8 nitrogen and oxygen atoms in total. The Labute approximate surface area is 167 Å². The highest BCUT2D eigenvalue weighted by Gasteiger charge is 2.26. The molecule has 1 aliphatic carbocycles. The third-order valence-corrected chi connectivity index (χ3v) is 5.22. The number of pyridine rings is 1. The fourth-order valence-electron chi connectivity index (χ4n) is 3.72. The Hall–Kier alpha value is -3.42. The van der Waals surface area contributed by atoms with E-state index in [4.69, 9.17) is 9.47 Å². The van der Waals surface area contributed by atoms with Crippen molar-refractivity contribution < 1.29 is 14.3 Å². The molecule has 1 aliphatic rings. The Kier molecular flexibility index (Phi) is 5.16. The third kappa shape index (κ3) is 3.65. The summed E-state index contributed by atoms with van der Waals surface area (Å²) < 4.78 is 12.2. The zero-order valence-electron chi connectivity index (χ0n) is 16.3. The molecule has 3 aromatic rings. The van der Waals surface area contributed by atoms with E-state index in [0.717, 1.165) is 24.0 Å². The van der Waals surface area contributed by atoms with Gasteiger partial charge in [-0.1, -0.05) is 6.07 Å². The maximum Gasteiger partial charge on any atom is 0.279 e. The Morgan fingerprint density at radius 3 is 2.79 bits per heavy atom. The van der Waals surface area contributed by atoms with Crippen molar-refractivity contribution in [1.82, 2.24) is 19.9 Å². The standard InChI is InChI=1S/C21H22N4O4/c1-28-17-11-13-6-7-15(14(13)12-18(17)29-2)22-20(26)9-8-16-21(27)25-10-4-3-5-19(25)24-23-16/h3-5,10-12,15H,6-9H2,1-2H3,(H,22,26)/t15-/m0/s1. The molecule has 0 saturated carbocycles. The number of benzene rings is 1. The number of nitrogens with one attached hydrogen (secondary N) is 1. The summed E-state index contributed by atoms with van der Waals surface area (Å²) in [5.41, 5.74) is 2.71. The first-order valence-electron chi connectivity index (χ1n) is 9.48. The molecule has 4 rings (SSSR count). The van der Waals surface area contributed by atoms with Gasteiger partial charge in [-0.05, 0) is 48.2 Å². The van der Waals surface area contributed by atoms with Gasteiger partial charge in [0.2, 0.25) is 5.91 Å². The molecule has 0 unspecified atom stereocenters. The number of hydrogen-bond acceptors (Lipinski definition) is 6. The van der Waals surface area contributed by atoms with Gasteiger partial charge >= 0.3 is 0 Å². The van der Waals surface area contributed by atoms with Gasteiger partial charge in [-0.15, -0.1) is 10.2 Å². The molecule has 1 amide bonds. The quantitative estimate of drug-likeness (QED) is 0.686. The summed E-state index contributed by atoms with van der Waals surface area (Å²) in [6, 6.07) is 9.07. The summed E-state index contributed by atoms with van der Waals surface area (Å²) >= 11 is 0. The van der Waals surface area contributed by atoms with Crippen LogP contribution < -0.4 is 20.3 Å². The molecule has 0 spiro atoms. The van der Waals surface area contributed by atoms with Crippen molar-refractivity contribution in [2.75, 3.05) is 14.2 Å². The van der Waals surface area contributed by atoms with Crippen molar-refractivity contribution in [1.29, 1.82) is 0 Å². The summed E-state index contributed by atoms with van der Waals surface area (Å²) in [6.07, 6.45) is 3.73. The van der Waals surface area contributed by atoms with E-state index in [1.807, 2.05) is 12.1 Å². The third-order valence-electron chi connectivity index (χ3n) is 5.22. The van der Waals surface area contributed by atoms with Crippen molar-refractivity contribution >= 4 is 11.6 Å². The molecular formula is C21H22N4O4. The summed E-state index contributed by atoms with van der Waals surface area (Å²) in [7, 11) is 3.20. The van der Waals surface area contributed by atoms with Crippen molar-refractivity contribution in [2.24, 2.45) is 0 Å².